The summed E-state index contributed by atoms with van der Waals surface area (Å²) in [6, 6.07) is 12.9. The number of benzene rings is 2. The lowest BCUT2D eigenvalue weighted by Crippen LogP contribution is -2.27. The van der Waals surface area contributed by atoms with Crippen molar-refractivity contribution in [3.8, 4) is 17.2 Å². The average molecular weight is 464 g/mol. The minimum absolute atomic E-state index is 0.0885. The Morgan fingerprint density at radius 3 is 2.53 bits per heavy atom. The van der Waals surface area contributed by atoms with E-state index in [9.17, 15) is 4.79 Å². The first-order valence-corrected chi connectivity index (χ1v) is 11.1. The molecule has 1 fully saturated rings. The van der Waals surface area contributed by atoms with Crippen LogP contribution in [0, 0.1) is 0 Å². The van der Waals surface area contributed by atoms with Crippen LogP contribution in [0.4, 0.5) is 0 Å². The van der Waals surface area contributed by atoms with Crippen LogP contribution in [0.2, 0.25) is 5.02 Å². The van der Waals surface area contributed by atoms with Gasteiger partial charge < -0.3 is 14.2 Å². The highest BCUT2D eigenvalue weighted by molar-refractivity contribution is 8.26. The Hall–Kier alpha value is -2.22. The SMILES string of the molecule is CCN1C(=O)C(=Cc2cccc(OC)c2OCCCOc2ccccc2Cl)SC1=S. The summed E-state index contributed by atoms with van der Waals surface area (Å²) in [5, 5.41) is 0.579. The summed E-state index contributed by atoms with van der Waals surface area (Å²) in [6.45, 7) is 3.33. The second kappa shape index (κ2) is 10.7. The zero-order valence-electron chi connectivity index (χ0n) is 16.7. The predicted octanol–water partition coefficient (Wildman–Crippen LogP) is 5.42. The number of rotatable bonds is 9. The molecule has 2 aromatic rings. The van der Waals surface area contributed by atoms with Gasteiger partial charge in [0.25, 0.3) is 5.91 Å². The smallest absolute Gasteiger partial charge is 0.266 e. The van der Waals surface area contributed by atoms with Crippen LogP contribution < -0.4 is 14.2 Å². The summed E-state index contributed by atoms with van der Waals surface area (Å²) in [5.74, 6) is 1.74. The fraction of sp³-hybridized carbons (Fsp3) is 0.273. The fourth-order valence-electron chi connectivity index (χ4n) is 2.85. The van der Waals surface area contributed by atoms with Crippen molar-refractivity contribution in [3.05, 3.63) is 58.0 Å². The largest absolute Gasteiger partial charge is 0.493 e. The van der Waals surface area contributed by atoms with E-state index in [2.05, 4.69) is 0 Å². The van der Waals surface area contributed by atoms with E-state index < -0.39 is 0 Å². The van der Waals surface area contributed by atoms with Crippen LogP contribution in [0.1, 0.15) is 18.9 Å². The Bertz CT molecular complexity index is 964. The second-order valence-corrected chi connectivity index (χ2v) is 8.37. The van der Waals surface area contributed by atoms with Gasteiger partial charge in [-0.3, -0.25) is 9.69 Å². The number of para-hydroxylation sites is 2. The lowest BCUT2D eigenvalue weighted by Gasteiger charge is -2.14. The van der Waals surface area contributed by atoms with Crippen LogP contribution in [-0.4, -0.2) is 42.0 Å². The molecule has 0 unspecified atom stereocenters. The lowest BCUT2D eigenvalue weighted by molar-refractivity contribution is -0.121. The monoisotopic (exact) mass is 463 g/mol. The summed E-state index contributed by atoms with van der Waals surface area (Å²) >= 11 is 12.7. The fourth-order valence-corrected chi connectivity index (χ4v) is 4.42. The van der Waals surface area contributed by atoms with Gasteiger partial charge in [0.2, 0.25) is 0 Å². The molecule has 0 saturated carbocycles. The topological polar surface area (TPSA) is 48.0 Å². The molecule has 0 bridgehead atoms. The molecule has 2 aromatic carbocycles. The number of carbonyl (C=O) groups excluding carboxylic acids is 1. The second-order valence-electron chi connectivity index (χ2n) is 6.29. The third kappa shape index (κ3) is 5.28. The van der Waals surface area contributed by atoms with E-state index in [0.717, 1.165) is 5.56 Å². The van der Waals surface area contributed by atoms with Crippen molar-refractivity contribution in [3.63, 3.8) is 0 Å². The highest BCUT2D eigenvalue weighted by Gasteiger charge is 2.31. The minimum atomic E-state index is -0.0885. The Kier molecular flexibility index (Phi) is 8.01. The summed E-state index contributed by atoms with van der Waals surface area (Å²) in [4.78, 5) is 14.7. The first-order chi connectivity index (χ1) is 14.5. The van der Waals surface area contributed by atoms with E-state index in [-0.39, 0.29) is 5.91 Å². The van der Waals surface area contributed by atoms with Gasteiger partial charge in [0.05, 0.1) is 30.3 Å². The molecular formula is C22H22ClNO4S2. The molecule has 5 nitrogen and oxygen atoms in total. The average Bonchev–Trinajstić information content (AvgIpc) is 3.02. The highest BCUT2D eigenvalue weighted by Crippen LogP contribution is 2.37. The molecule has 1 heterocycles. The molecule has 30 heavy (non-hydrogen) atoms. The molecule has 0 N–H and O–H groups in total. The number of halogens is 1. The molecule has 0 aromatic heterocycles. The number of hydrogen-bond donors (Lipinski definition) is 0. The number of methoxy groups -OCH3 is 1. The molecule has 1 aliphatic heterocycles. The third-order valence-corrected chi connectivity index (χ3v) is 6.03. The molecule has 0 aliphatic carbocycles. The van der Waals surface area contributed by atoms with Gasteiger partial charge in [-0.15, -0.1) is 0 Å². The Morgan fingerprint density at radius 2 is 1.83 bits per heavy atom. The summed E-state index contributed by atoms with van der Waals surface area (Å²) in [6.07, 6.45) is 2.45. The van der Waals surface area contributed by atoms with Gasteiger partial charge in [-0.1, -0.05) is 59.8 Å². The minimum Gasteiger partial charge on any atom is -0.493 e. The Balaban J connectivity index is 1.67. The number of carbonyl (C=O) groups is 1. The lowest BCUT2D eigenvalue weighted by atomic mass is 10.1. The number of nitrogens with zero attached hydrogens (tertiary/aromatic N) is 1. The Labute approximate surface area is 190 Å². The zero-order chi connectivity index (χ0) is 21.5. The van der Waals surface area contributed by atoms with Crippen molar-refractivity contribution in [1.29, 1.82) is 0 Å². The molecule has 3 rings (SSSR count). The molecule has 1 aliphatic rings. The molecule has 0 radical (unpaired) electrons. The molecule has 158 valence electrons. The molecule has 1 saturated heterocycles. The predicted molar refractivity (Wildman–Crippen MR) is 126 cm³/mol. The number of amides is 1. The Morgan fingerprint density at radius 1 is 1.10 bits per heavy atom. The quantitative estimate of drug-likeness (QED) is 0.281. The van der Waals surface area contributed by atoms with E-state index in [4.69, 9.17) is 38.0 Å². The summed E-state index contributed by atoms with van der Waals surface area (Å²) in [7, 11) is 1.59. The standard InChI is InChI=1S/C22H22ClNO4S2/c1-3-24-21(25)19(30-22(24)29)14-15-8-6-11-18(26-2)20(15)28-13-7-12-27-17-10-5-4-9-16(17)23/h4-6,8-11,14H,3,7,12-13H2,1-2H3. The van der Waals surface area contributed by atoms with Crippen molar-refractivity contribution in [2.75, 3.05) is 26.9 Å². The molecular weight excluding hydrogens is 442 g/mol. The van der Waals surface area contributed by atoms with E-state index in [0.29, 0.717) is 57.7 Å². The van der Waals surface area contributed by atoms with Gasteiger partial charge in [-0.05, 0) is 31.2 Å². The van der Waals surface area contributed by atoms with Crippen molar-refractivity contribution in [2.24, 2.45) is 0 Å². The van der Waals surface area contributed by atoms with Gasteiger partial charge in [0, 0.05) is 18.5 Å². The maximum absolute atomic E-state index is 12.5. The van der Waals surface area contributed by atoms with Crippen LogP contribution in [0.3, 0.4) is 0 Å². The van der Waals surface area contributed by atoms with Crippen LogP contribution in [0.15, 0.2) is 47.4 Å². The van der Waals surface area contributed by atoms with Crippen LogP contribution in [-0.2, 0) is 4.79 Å². The first-order valence-electron chi connectivity index (χ1n) is 9.47. The van der Waals surface area contributed by atoms with Gasteiger partial charge >= 0.3 is 0 Å². The number of likely N-dealkylation sites (N-methyl/N-ethyl adjacent to an activating group) is 1. The normalized spacial score (nSPS) is 15.0. The van der Waals surface area contributed by atoms with Crippen molar-refractivity contribution < 1.29 is 19.0 Å². The van der Waals surface area contributed by atoms with E-state index in [1.807, 2.05) is 43.3 Å². The maximum Gasteiger partial charge on any atom is 0.266 e. The van der Waals surface area contributed by atoms with E-state index in [1.54, 1.807) is 24.2 Å². The van der Waals surface area contributed by atoms with Crippen molar-refractivity contribution in [2.45, 2.75) is 13.3 Å². The van der Waals surface area contributed by atoms with Gasteiger partial charge in [-0.2, -0.15) is 0 Å². The van der Waals surface area contributed by atoms with Crippen molar-refractivity contribution >= 4 is 51.9 Å². The summed E-state index contributed by atoms with van der Waals surface area (Å²) < 4.78 is 17.7. The molecule has 0 spiro atoms. The zero-order valence-corrected chi connectivity index (χ0v) is 19.1. The summed E-state index contributed by atoms with van der Waals surface area (Å²) in [5.41, 5.74) is 0.762. The number of ether oxygens (including phenoxy) is 3. The number of thioether (sulfide) groups is 1. The van der Waals surface area contributed by atoms with Crippen LogP contribution in [0.25, 0.3) is 6.08 Å². The van der Waals surface area contributed by atoms with Crippen molar-refractivity contribution in [1.82, 2.24) is 4.90 Å². The van der Waals surface area contributed by atoms with E-state index in [1.165, 1.54) is 11.8 Å². The number of thiocarbonyl (C=S) groups is 1. The van der Waals surface area contributed by atoms with Gasteiger partial charge in [0.1, 0.15) is 10.1 Å². The number of hydrogen-bond acceptors (Lipinski definition) is 6. The highest BCUT2D eigenvalue weighted by atomic mass is 35.5. The van der Waals surface area contributed by atoms with Gasteiger partial charge in [-0.25, -0.2) is 0 Å². The first kappa shape index (κ1) is 22.5. The molecule has 8 heteroatoms. The third-order valence-electron chi connectivity index (χ3n) is 4.33. The van der Waals surface area contributed by atoms with Crippen LogP contribution in [0.5, 0.6) is 17.2 Å². The van der Waals surface area contributed by atoms with E-state index >= 15 is 0 Å². The van der Waals surface area contributed by atoms with Crippen LogP contribution >= 0.6 is 35.6 Å². The van der Waals surface area contributed by atoms with Gasteiger partial charge in [0.15, 0.2) is 11.5 Å². The molecule has 1 amide bonds. The molecule has 0 atom stereocenters. The maximum atomic E-state index is 12.5.